The monoisotopic (exact) mass is 569 g/mol. The summed E-state index contributed by atoms with van der Waals surface area (Å²) in [5.74, 6) is -4.91. The van der Waals surface area contributed by atoms with Gasteiger partial charge in [-0.15, -0.1) is 0 Å². The Bertz CT molecular complexity index is 1160. The fourth-order valence-electron chi connectivity index (χ4n) is 4.26. The second-order valence-corrected chi connectivity index (χ2v) is 9.79. The van der Waals surface area contributed by atoms with Crippen LogP contribution >= 0.6 is 0 Å². The van der Waals surface area contributed by atoms with E-state index in [1.165, 1.54) is 11.9 Å². The van der Waals surface area contributed by atoms with E-state index in [0.717, 1.165) is 5.56 Å². The normalized spacial score (nSPS) is 13.7. The van der Waals surface area contributed by atoms with Gasteiger partial charge in [0.2, 0.25) is 17.7 Å². The van der Waals surface area contributed by atoms with Crippen LogP contribution in [0.15, 0.2) is 60.7 Å². The summed E-state index contributed by atoms with van der Waals surface area (Å²) in [6.07, 6.45) is 1.01. The molecule has 0 aromatic heterocycles. The molecule has 0 saturated heterocycles. The smallest absolute Gasteiger partial charge is 0.326 e. The van der Waals surface area contributed by atoms with Crippen molar-refractivity contribution < 1.29 is 34.2 Å². The zero-order valence-corrected chi connectivity index (χ0v) is 23.1. The van der Waals surface area contributed by atoms with E-state index in [-0.39, 0.29) is 12.8 Å². The van der Waals surface area contributed by atoms with E-state index in [1.54, 1.807) is 54.6 Å². The van der Waals surface area contributed by atoms with Crippen LogP contribution in [0.2, 0.25) is 0 Å². The number of carbonyl (C=O) groups excluding carboxylic acids is 3. The molecule has 0 radical (unpaired) electrons. The summed E-state index contributed by atoms with van der Waals surface area (Å²) in [6.45, 7) is 0.468. The highest BCUT2D eigenvalue weighted by atomic mass is 16.4. The van der Waals surface area contributed by atoms with Gasteiger partial charge in [-0.25, -0.2) is 4.79 Å². The van der Waals surface area contributed by atoms with Crippen LogP contribution in [-0.4, -0.2) is 82.5 Å². The van der Waals surface area contributed by atoms with Crippen LogP contribution in [0, 0.1) is 0 Å². The van der Waals surface area contributed by atoms with Gasteiger partial charge in [0.15, 0.2) is 0 Å². The van der Waals surface area contributed by atoms with Crippen LogP contribution in [0.4, 0.5) is 0 Å². The Kier molecular flexibility index (Phi) is 13.4. The summed E-state index contributed by atoms with van der Waals surface area (Å²) >= 11 is 0. The van der Waals surface area contributed by atoms with E-state index < -0.39 is 60.2 Å². The molecule has 0 aliphatic heterocycles. The summed E-state index contributed by atoms with van der Waals surface area (Å²) < 4.78 is 0. The first-order valence-corrected chi connectivity index (χ1v) is 13.4. The van der Waals surface area contributed by atoms with Gasteiger partial charge >= 0.3 is 11.9 Å². The predicted molar refractivity (Wildman–Crippen MR) is 151 cm³/mol. The van der Waals surface area contributed by atoms with Crippen molar-refractivity contribution in [2.75, 3.05) is 13.6 Å². The van der Waals surface area contributed by atoms with Crippen molar-refractivity contribution in [3.8, 4) is 0 Å². The Morgan fingerprint density at radius 1 is 0.805 bits per heavy atom. The predicted octanol–water partition coefficient (Wildman–Crippen LogP) is 0.284. The molecular formula is C29H39N5O7. The third-order valence-corrected chi connectivity index (χ3v) is 6.59. The first-order chi connectivity index (χ1) is 19.5. The molecule has 12 heteroatoms. The summed E-state index contributed by atoms with van der Waals surface area (Å²) in [5.41, 5.74) is 13.1. The molecule has 4 atom stereocenters. The third-order valence-electron chi connectivity index (χ3n) is 6.59. The van der Waals surface area contributed by atoms with Gasteiger partial charge in [-0.3, -0.25) is 19.2 Å². The Morgan fingerprint density at radius 2 is 1.34 bits per heavy atom. The number of benzene rings is 2. The van der Waals surface area contributed by atoms with Crippen molar-refractivity contribution >= 4 is 29.7 Å². The summed E-state index contributed by atoms with van der Waals surface area (Å²) in [5, 5.41) is 23.4. The Labute approximate surface area is 239 Å². The zero-order chi connectivity index (χ0) is 30.4. The number of nitrogens with one attached hydrogen (secondary N) is 2. The number of nitrogens with zero attached hydrogens (tertiary/aromatic N) is 1. The molecule has 222 valence electrons. The number of unbranched alkanes of at least 4 members (excludes halogenated alkanes) is 1. The second kappa shape index (κ2) is 16.7. The van der Waals surface area contributed by atoms with Gasteiger partial charge in [-0.05, 0) is 30.5 Å². The lowest BCUT2D eigenvalue weighted by atomic mass is 10.0. The van der Waals surface area contributed by atoms with Gasteiger partial charge in [-0.1, -0.05) is 67.1 Å². The number of likely N-dealkylation sites (N-methyl/N-ethyl adjacent to an activating group) is 1. The van der Waals surface area contributed by atoms with Gasteiger partial charge in [-0.2, -0.15) is 0 Å². The number of aliphatic carboxylic acids is 2. The minimum Gasteiger partial charge on any atom is -0.481 e. The van der Waals surface area contributed by atoms with E-state index in [9.17, 15) is 29.1 Å². The maximum Gasteiger partial charge on any atom is 0.326 e. The quantitative estimate of drug-likeness (QED) is 0.145. The lowest BCUT2D eigenvalue weighted by Gasteiger charge is -2.31. The first kappa shape index (κ1) is 32.9. The molecule has 0 aliphatic rings. The molecule has 0 heterocycles. The topological polar surface area (TPSA) is 205 Å². The van der Waals surface area contributed by atoms with Crippen LogP contribution in [0.3, 0.4) is 0 Å². The van der Waals surface area contributed by atoms with Crippen LogP contribution in [0.5, 0.6) is 0 Å². The molecule has 0 saturated carbocycles. The summed E-state index contributed by atoms with van der Waals surface area (Å²) in [6, 6.07) is 12.9. The van der Waals surface area contributed by atoms with Crippen LogP contribution in [-0.2, 0) is 36.8 Å². The Morgan fingerprint density at radius 3 is 1.85 bits per heavy atom. The number of hydrogen-bond donors (Lipinski definition) is 6. The van der Waals surface area contributed by atoms with Crippen LogP contribution in [0.1, 0.15) is 36.8 Å². The second-order valence-electron chi connectivity index (χ2n) is 9.79. The van der Waals surface area contributed by atoms with E-state index in [4.69, 9.17) is 16.6 Å². The van der Waals surface area contributed by atoms with Gasteiger partial charge in [0, 0.05) is 19.9 Å². The van der Waals surface area contributed by atoms with E-state index in [2.05, 4.69) is 10.6 Å². The molecular weight excluding hydrogens is 530 g/mol. The number of amides is 3. The summed E-state index contributed by atoms with van der Waals surface area (Å²) in [7, 11) is 1.47. The van der Waals surface area contributed by atoms with Gasteiger partial charge in [0.05, 0.1) is 12.5 Å². The van der Waals surface area contributed by atoms with Gasteiger partial charge in [0.25, 0.3) is 0 Å². The maximum atomic E-state index is 13.7. The van der Waals surface area contributed by atoms with Crippen molar-refractivity contribution in [1.29, 1.82) is 0 Å². The minimum absolute atomic E-state index is 0.00779. The number of rotatable bonds is 17. The standard InChI is InChI=1S/C29H39N5O7/c1-34(28(39)21(31)14-8-9-15-30)24(17-20-12-6-3-7-13-20)27(38)32-22(16-19-10-4-2-5-11-19)26(37)33-23(29(40)41)18-25(35)36/h2-7,10-13,21-24H,8-9,14-18,30-31H2,1H3,(H,32,38)(H,33,37)(H,35,36)(H,40,41)/t21-,22+,23+,24+/m1/s1. The molecule has 3 amide bonds. The largest absolute Gasteiger partial charge is 0.481 e. The molecule has 2 aromatic carbocycles. The molecule has 2 aromatic rings. The van der Waals surface area contributed by atoms with Crippen molar-refractivity contribution in [1.82, 2.24) is 15.5 Å². The molecule has 41 heavy (non-hydrogen) atoms. The zero-order valence-electron chi connectivity index (χ0n) is 23.1. The highest BCUT2D eigenvalue weighted by Gasteiger charge is 2.34. The number of nitrogens with two attached hydrogens (primary N) is 2. The molecule has 0 fully saturated rings. The van der Waals surface area contributed by atoms with E-state index in [1.807, 2.05) is 6.07 Å². The lowest BCUT2D eigenvalue weighted by molar-refractivity contribution is -0.147. The van der Waals surface area contributed by atoms with E-state index in [0.29, 0.717) is 31.4 Å². The van der Waals surface area contributed by atoms with Crippen molar-refractivity contribution in [2.24, 2.45) is 11.5 Å². The van der Waals surface area contributed by atoms with Crippen molar-refractivity contribution in [2.45, 2.75) is 62.7 Å². The molecule has 0 unspecified atom stereocenters. The van der Waals surface area contributed by atoms with Crippen LogP contribution in [0.25, 0.3) is 0 Å². The SMILES string of the molecule is CN(C(=O)[C@H](N)CCCCN)[C@@H](Cc1ccccc1)C(=O)N[C@@H](Cc1ccccc1)C(=O)N[C@@H](CC(=O)O)C(=O)O. The first-order valence-electron chi connectivity index (χ1n) is 13.4. The van der Waals surface area contributed by atoms with Gasteiger partial charge < -0.3 is 37.2 Å². The molecule has 0 aliphatic carbocycles. The Hall–Kier alpha value is -4.29. The highest BCUT2D eigenvalue weighted by molar-refractivity contribution is 5.95. The number of carboxylic acid groups (broad SMARTS) is 2. The van der Waals surface area contributed by atoms with Crippen molar-refractivity contribution in [3.05, 3.63) is 71.8 Å². The molecule has 8 N–H and O–H groups in total. The number of hydrogen-bond acceptors (Lipinski definition) is 7. The molecule has 12 nitrogen and oxygen atoms in total. The van der Waals surface area contributed by atoms with Gasteiger partial charge in [0.1, 0.15) is 18.1 Å². The molecule has 2 rings (SSSR count). The third kappa shape index (κ3) is 11.0. The molecule has 0 bridgehead atoms. The fourth-order valence-corrected chi connectivity index (χ4v) is 4.26. The number of carbonyl (C=O) groups is 5. The highest BCUT2D eigenvalue weighted by Crippen LogP contribution is 2.13. The maximum absolute atomic E-state index is 13.7. The minimum atomic E-state index is -1.70. The average Bonchev–Trinajstić information content (AvgIpc) is 2.95. The fraction of sp³-hybridized carbons (Fsp3) is 0.414. The van der Waals surface area contributed by atoms with E-state index >= 15 is 0 Å². The van der Waals surface area contributed by atoms with Crippen LogP contribution < -0.4 is 22.1 Å². The number of carboxylic acids is 2. The molecule has 0 spiro atoms. The lowest BCUT2D eigenvalue weighted by Crippen LogP contribution is -2.58. The Balaban J connectivity index is 2.34. The summed E-state index contributed by atoms with van der Waals surface area (Å²) in [4.78, 5) is 64.1. The van der Waals surface area contributed by atoms with Crippen molar-refractivity contribution in [3.63, 3.8) is 0 Å². The average molecular weight is 570 g/mol.